The van der Waals surface area contributed by atoms with E-state index in [-0.39, 0.29) is 18.3 Å². The lowest BCUT2D eigenvalue weighted by atomic mass is 9.77. The normalized spacial score (nSPS) is 28.3. The van der Waals surface area contributed by atoms with E-state index in [1.54, 1.807) is 0 Å². The molecule has 0 atom stereocenters. The Kier molecular flexibility index (Phi) is 2.13. The van der Waals surface area contributed by atoms with Gasteiger partial charge in [-0.05, 0) is 39.6 Å². The molecule has 0 unspecified atom stereocenters. The van der Waals surface area contributed by atoms with Crippen LogP contribution in [0.5, 0.6) is 0 Å². The predicted octanol–water partition coefficient (Wildman–Crippen LogP) is 2.50. The first-order valence-corrected chi connectivity index (χ1v) is 5.14. The van der Waals surface area contributed by atoms with Crippen molar-refractivity contribution in [1.29, 1.82) is 0 Å². The number of hydrogen-bond donors (Lipinski definition) is 0. The Morgan fingerprint density at radius 1 is 1.14 bits per heavy atom. The molecule has 0 radical (unpaired) electrons. The van der Waals surface area contributed by atoms with E-state index in [2.05, 4.69) is 45.9 Å². The lowest BCUT2D eigenvalue weighted by Crippen LogP contribution is -2.41. The van der Waals surface area contributed by atoms with E-state index >= 15 is 0 Å². The Labute approximate surface area is 86.1 Å². The van der Waals surface area contributed by atoms with E-state index in [4.69, 9.17) is 9.31 Å². The van der Waals surface area contributed by atoms with Crippen LogP contribution in [0.1, 0.15) is 34.1 Å². The molecular formula is C11H17BO2. The van der Waals surface area contributed by atoms with Gasteiger partial charge in [0, 0.05) is 0 Å². The maximum atomic E-state index is 5.92. The quantitative estimate of drug-likeness (QED) is 0.594. The van der Waals surface area contributed by atoms with Gasteiger partial charge in [0.2, 0.25) is 0 Å². The summed E-state index contributed by atoms with van der Waals surface area (Å²) in [5, 5.41) is 0. The van der Waals surface area contributed by atoms with Gasteiger partial charge in [0.15, 0.2) is 0 Å². The standard InChI is InChI=1S/C11H17BO2/c1-10(2)11(3,4)14-12(13-10)9-7-5-6-8-9/h5-7H,8H2,1-4H3. The Morgan fingerprint density at radius 2 is 1.71 bits per heavy atom. The van der Waals surface area contributed by atoms with Crippen molar-refractivity contribution < 1.29 is 9.31 Å². The summed E-state index contributed by atoms with van der Waals surface area (Å²) in [6.07, 6.45) is 7.22. The van der Waals surface area contributed by atoms with Crippen molar-refractivity contribution in [3.05, 3.63) is 23.7 Å². The van der Waals surface area contributed by atoms with Crippen LogP contribution in [0, 0.1) is 0 Å². The fourth-order valence-corrected chi connectivity index (χ4v) is 1.63. The minimum absolute atomic E-state index is 0.157. The van der Waals surface area contributed by atoms with Crippen LogP contribution in [0.25, 0.3) is 0 Å². The van der Waals surface area contributed by atoms with Gasteiger partial charge < -0.3 is 9.31 Å². The Balaban J connectivity index is 2.14. The van der Waals surface area contributed by atoms with Crippen molar-refractivity contribution in [3.8, 4) is 0 Å². The molecule has 0 N–H and O–H groups in total. The van der Waals surface area contributed by atoms with Gasteiger partial charge in [-0.15, -0.1) is 0 Å². The lowest BCUT2D eigenvalue weighted by molar-refractivity contribution is 0.00578. The molecule has 0 aromatic rings. The number of hydrogen-bond acceptors (Lipinski definition) is 2. The first kappa shape index (κ1) is 10.00. The summed E-state index contributed by atoms with van der Waals surface area (Å²) in [6, 6.07) is 0. The summed E-state index contributed by atoms with van der Waals surface area (Å²) in [5.41, 5.74) is 0.783. The van der Waals surface area contributed by atoms with Crippen LogP contribution >= 0.6 is 0 Å². The van der Waals surface area contributed by atoms with Gasteiger partial charge >= 0.3 is 7.12 Å². The molecule has 1 saturated heterocycles. The van der Waals surface area contributed by atoms with E-state index < -0.39 is 0 Å². The first-order chi connectivity index (χ1) is 6.42. The average molecular weight is 192 g/mol. The molecule has 0 bridgehead atoms. The van der Waals surface area contributed by atoms with Gasteiger partial charge in [0.05, 0.1) is 11.2 Å². The van der Waals surface area contributed by atoms with Gasteiger partial charge in [-0.1, -0.05) is 18.2 Å². The predicted molar refractivity (Wildman–Crippen MR) is 57.9 cm³/mol. The second kappa shape index (κ2) is 2.98. The summed E-state index contributed by atoms with van der Waals surface area (Å²) in [6.45, 7) is 8.32. The molecule has 2 nitrogen and oxygen atoms in total. The Bertz CT molecular complexity index is 286. The van der Waals surface area contributed by atoms with Crippen LogP contribution in [0.4, 0.5) is 0 Å². The SMILES string of the molecule is CC1(C)OB(C2=CC=CC2)OC1(C)C. The van der Waals surface area contributed by atoms with E-state index in [0.717, 1.165) is 6.42 Å². The van der Waals surface area contributed by atoms with E-state index in [0.29, 0.717) is 0 Å². The van der Waals surface area contributed by atoms with E-state index in [9.17, 15) is 0 Å². The van der Waals surface area contributed by atoms with Crippen LogP contribution < -0.4 is 0 Å². The molecule has 76 valence electrons. The van der Waals surface area contributed by atoms with Crippen molar-refractivity contribution in [1.82, 2.24) is 0 Å². The number of allylic oxidation sites excluding steroid dienone is 4. The maximum absolute atomic E-state index is 5.92. The topological polar surface area (TPSA) is 18.5 Å². The third kappa shape index (κ3) is 1.45. The van der Waals surface area contributed by atoms with Gasteiger partial charge in [-0.2, -0.15) is 0 Å². The molecule has 0 amide bonds. The molecule has 3 heteroatoms. The average Bonchev–Trinajstić information content (AvgIpc) is 2.58. The van der Waals surface area contributed by atoms with Crippen molar-refractivity contribution in [3.63, 3.8) is 0 Å². The van der Waals surface area contributed by atoms with Crippen LogP contribution in [0.2, 0.25) is 0 Å². The van der Waals surface area contributed by atoms with Crippen molar-refractivity contribution in [2.45, 2.75) is 45.3 Å². The summed E-state index contributed by atoms with van der Waals surface area (Å²) in [4.78, 5) is 0. The fraction of sp³-hybridized carbons (Fsp3) is 0.636. The van der Waals surface area contributed by atoms with Gasteiger partial charge in [0.25, 0.3) is 0 Å². The third-order valence-electron chi connectivity index (χ3n) is 3.36. The zero-order valence-electron chi connectivity index (χ0n) is 9.33. The highest BCUT2D eigenvalue weighted by Gasteiger charge is 2.52. The van der Waals surface area contributed by atoms with Gasteiger partial charge in [-0.3, -0.25) is 0 Å². The minimum Gasteiger partial charge on any atom is -0.400 e. The largest absolute Gasteiger partial charge is 0.490 e. The van der Waals surface area contributed by atoms with Crippen LogP contribution in [-0.2, 0) is 9.31 Å². The number of rotatable bonds is 1. The van der Waals surface area contributed by atoms with E-state index in [1.165, 1.54) is 5.47 Å². The monoisotopic (exact) mass is 192 g/mol. The lowest BCUT2D eigenvalue weighted by Gasteiger charge is -2.32. The molecule has 14 heavy (non-hydrogen) atoms. The highest BCUT2D eigenvalue weighted by molar-refractivity contribution is 6.54. The second-order valence-corrected chi connectivity index (χ2v) is 4.96. The molecule has 0 spiro atoms. The smallest absolute Gasteiger partial charge is 0.400 e. The molecule has 0 aromatic heterocycles. The molecule has 1 fully saturated rings. The molecular weight excluding hydrogens is 175 g/mol. The zero-order chi connectivity index (χ0) is 10.4. The summed E-state index contributed by atoms with van der Waals surface area (Å²) in [7, 11) is -0.157. The molecule has 1 aliphatic heterocycles. The Morgan fingerprint density at radius 3 is 2.14 bits per heavy atom. The first-order valence-electron chi connectivity index (χ1n) is 5.14. The molecule has 0 aromatic carbocycles. The highest BCUT2D eigenvalue weighted by atomic mass is 16.7. The molecule has 2 rings (SSSR count). The highest BCUT2D eigenvalue weighted by Crippen LogP contribution is 2.39. The van der Waals surface area contributed by atoms with E-state index in [1.807, 2.05) is 0 Å². The fourth-order valence-electron chi connectivity index (χ4n) is 1.63. The van der Waals surface area contributed by atoms with Crippen LogP contribution in [-0.4, -0.2) is 18.3 Å². The van der Waals surface area contributed by atoms with Crippen molar-refractivity contribution in [2.75, 3.05) is 0 Å². The molecule has 1 aliphatic carbocycles. The maximum Gasteiger partial charge on any atom is 0.490 e. The third-order valence-corrected chi connectivity index (χ3v) is 3.36. The Hall–Kier alpha value is -0.535. The summed E-state index contributed by atoms with van der Waals surface area (Å²) < 4.78 is 11.8. The summed E-state index contributed by atoms with van der Waals surface area (Å²) >= 11 is 0. The van der Waals surface area contributed by atoms with Crippen LogP contribution in [0.3, 0.4) is 0 Å². The summed E-state index contributed by atoms with van der Waals surface area (Å²) in [5.74, 6) is 0. The second-order valence-electron chi connectivity index (χ2n) is 4.96. The minimum atomic E-state index is -0.221. The molecule has 1 heterocycles. The van der Waals surface area contributed by atoms with Crippen molar-refractivity contribution in [2.24, 2.45) is 0 Å². The van der Waals surface area contributed by atoms with Gasteiger partial charge in [0.1, 0.15) is 0 Å². The van der Waals surface area contributed by atoms with Gasteiger partial charge in [-0.25, -0.2) is 0 Å². The molecule has 0 saturated carbocycles. The zero-order valence-corrected chi connectivity index (χ0v) is 9.33. The van der Waals surface area contributed by atoms with Crippen molar-refractivity contribution >= 4 is 7.12 Å². The molecule has 2 aliphatic rings. The van der Waals surface area contributed by atoms with Crippen LogP contribution in [0.15, 0.2) is 23.7 Å².